The normalized spacial score (nSPS) is 10.7. The molecule has 0 unspecified atom stereocenters. The predicted molar refractivity (Wildman–Crippen MR) is 78.6 cm³/mol. The third-order valence-corrected chi connectivity index (χ3v) is 3.13. The molecule has 20 heavy (non-hydrogen) atoms. The minimum atomic E-state index is -0.386. The van der Waals surface area contributed by atoms with Crippen LogP contribution in [0.15, 0.2) is 42.5 Å². The average Bonchev–Trinajstić information content (AvgIpc) is 2.43. The zero-order valence-corrected chi connectivity index (χ0v) is 11.0. The molecule has 0 aliphatic heterocycles. The summed E-state index contributed by atoms with van der Waals surface area (Å²) in [4.78, 5) is 8.28. The van der Waals surface area contributed by atoms with Crippen LogP contribution < -0.4 is 11.1 Å². The summed E-state index contributed by atoms with van der Waals surface area (Å²) < 4.78 is 13.3. The Labute approximate surface area is 119 Å². The molecular formula is C14H10ClFN4. The molecule has 3 rings (SSSR count). The first-order valence-electron chi connectivity index (χ1n) is 5.88. The molecule has 0 amide bonds. The molecule has 0 saturated heterocycles. The van der Waals surface area contributed by atoms with Crippen LogP contribution in [0.4, 0.5) is 21.8 Å². The van der Waals surface area contributed by atoms with Crippen LogP contribution in [0.3, 0.4) is 0 Å². The third kappa shape index (κ3) is 2.35. The first kappa shape index (κ1) is 12.6. The number of hydrogen-bond donors (Lipinski definition) is 2. The molecule has 3 N–H and O–H groups in total. The van der Waals surface area contributed by atoms with Gasteiger partial charge in [-0.2, -0.15) is 4.98 Å². The summed E-state index contributed by atoms with van der Waals surface area (Å²) in [5, 5.41) is 4.17. The van der Waals surface area contributed by atoms with Crippen LogP contribution in [0.2, 0.25) is 5.02 Å². The summed E-state index contributed by atoms with van der Waals surface area (Å²) in [5.41, 5.74) is 6.81. The van der Waals surface area contributed by atoms with E-state index >= 15 is 0 Å². The minimum Gasteiger partial charge on any atom is -0.368 e. The Bertz CT molecular complexity index is 791. The molecule has 0 radical (unpaired) electrons. The van der Waals surface area contributed by atoms with E-state index in [1.165, 1.54) is 18.2 Å². The number of nitrogens with zero attached hydrogens (tertiary/aromatic N) is 2. The summed E-state index contributed by atoms with van der Waals surface area (Å²) >= 11 is 6.03. The third-order valence-electron chi connectivity index (χ3n) is 2.80. The Morgan fingerprint density at radius 2 is 1.90 bits per heavy atom. The van der Waals surface area contributed by atoms with E-state index in [0.717, 1.165) is 5.39 Å². The van der Waals surface area contributed by atoms with Gasteiger partial charge in [-0.3, -0.25) is 0 Å². The summed E-state index contributed by atoms with van der Waals surface area (Å²) in [6.45, 7) is 0. The van der Waals surface area contributed by atoms with Gasteiger partial charge in [0, 0.05) is 5.39 Å². The van der Waals surface area contributed by atoms with Crippen molar-refractivity contribution < 1.29 is 4.39 Å². The molecule has 0 fully saturated rings. The summed E-state index contributed by atoms with van der Waals surface area (Å²) in [6.07, 6.45) is 0. The van der Waals surface area contributed by atoms with Crippen LogP contribution in [0.1, 0.15) is 0 Å². The molecule has 0 aliphatic rings. The highest BCUT2D eigenvalue weighted by molar-refractivity contribution is 6.33. The van der Waals surface area contributed by atoms with E-state index in [1.54, 1.807) is 0 Å². The number of para-hydroxylation sites is 1. The molecule has 0 saturated carbocycles. The molecule has 1 heterocycles. The number of fused-ring (bicyclic) bond motifs is 1. The summed E-state index contributed by atoms with van der Waals surface area (Å²) in [6, 6.07) is 11.5. The highest BCUT2D eigenvalue weighted by Crippen LogP contribution is 2.29. The first-order chi connectivity index (χ1) is 9.63. The zero-order valence-electron chi connectivity index (χ0n) is 10.3. The fraction of sp³-hybridized carbons (Fsp3) is 0. The van der Waals surface area contributed by atoms with Crippen LogP contribution in [0.25, 0.3) is 10.9 Å². The van der Waals surface area contributed by atoms with Crippen molar-refractivity contribution in [2.24, 2.45) is 0 Å². The fourth-order valence-corrected chi connectivity index (χ4v) is 2.08. The monoisotopic (exact) mass is 288 g/mol. The van der Waals surface area contributed by atoms with Gasteiger partial charge in [0.1, 0.15) is 11.6 Å². The maximum atomic E-state index is 13.3. The summed E-state index contributed by atoms with van der Waals surface area (Å²) in [5.74, 6) is 0.238. The first-order valence-corrected chi connectivity index (χ1v) is 6.25. The lowest BCUT2D eigenvalue weighted by Gasteiger charge is -2.10. The molecule has 0 atom stereocenters. The molecular weight excluding hydrogens is 279 g/mol. The Morgan fingerprint density at radius 3 is 2.75 bits per heavy atom. The number of anilines is 3. The van der Waals surface area contributed by atoms with Gasteiger partial charge in [0.2, 0.25) is 5.95 Å². The maximum absolute atomic E-state index is 13.3. The van der Waals surface area contributed by atoms with Gasteiger partial charge in [-0.25, -0.2) is 9.37 Å². The number of halogens is 2. The zero-order chi connectivity index (χ0) is 14.1. The highest BCUT2D eigenvalue weighted by atomic mass is 35.5. The Balaban J connectivity index is 2.13. The van der Waals surface area contributed by atoms with Crippen LogP contribution in [0, 0.1) is 5.82 Å². The lowest BCUT2D eigenvalue weighted by atomic mass is 10.2. The number of aromatic nitrogens is 2. The van der Waals surface area contributed by atoms with Gasteiger partial charge in [0.15, 0.2) is 0 Å². The molecule has 3 aromatic rings. The Kier molecular flexibility index (Phi) is 3.12. The number of rotatable bonds is 2. The van der Waals surface area contributed by atoms with Gasteiger partial charge >= 0.3 is 0 Å². The lowest BCUT2D eigenvalue weighted by Crippen LogP contribution is -2.01. The van der Waals surface area contributed by atoms with Gasteiger partial charge in [0.25, 0.3) is 0 Å². The van der Waals surface area contributed by atoms with E-state index in [4.69, 9.17) is 17.3 Å². The number of nitrogen functional groups attached to an aromatic ring is 1. The number of hydrogen-bond acceptors (Lipinski definition) is 4. The van der Waals surface area contributed by atoms with Crippen LogP contribution in [0.5, 0.6) is 0 Å². The van der Waals surface area contributed by atoms with Crippen molar-refractivity contribution >= 4 is 40.0 Å². The molecule has 100 valence electrons. The topological polar surface area (TPSA) is 63.8 Å². The highest BCUT2D eigenvalue weighted by Gasteiger charge is 2.08. The van der Waals surface area contributed by atoms with Crippen molar-refractivity contribution in [1.82, 2.24) is 9.97 Å². The second-order valence-corrected chi connectivity index (χ2v) is 4.60. The van der Waals surface area contributed by atoms with Gasteiger partial charge < -0.3 is 11.1 Å². The van der Waals surface area contributed by atoms with E-state index in [1.807, 2.05) is 24.3 Å². The largest absolute Gasteiger partial charge is 0.368 e. The van der Waals surface area contributed by atoms with Crippen molar-refractivity contribution in [2.75, 3.05) is 11.1 Å². The number of nitrogens with one attached hydrogen (secondary N) is 1. The van der Waals surface area contributed by atoms with Gasteiger partial charge in [0.05, 0.1) is 16.2 Å². The molecule has 0 aliphatic carbocycles. The van der Waals surface area contributed by atoms with Crippen LogP contribution in [-0.4, -0.2) is 9.97 Å². The van der Waals surface area contributed by atoms with E-state index < -0.39 is 0 Å². The van der Waals surface area contributed by atoms with Crippen molar-refractivity contribution in [3.63, 3.8) is 0 Å². The van der Waals surface area contributed by atoms with Gasteiger partial charge in [-0.05, 0) is 30.3 Å². The van der Waals surface area contributed by atoms with Crippen molar-refractivity contribution in [1.29, 1.82) is 0 Å². The van der Waals surface area contributed by atoms with Crippen LogP contribution in [-0.2, 0) is 0 Å². The van der Waals surface area contributed by atoms with Crippen molar-refractivity contribution in [3.8, 4) is 0 Å². The van der Waals surface area contributed by atoms with Gasteiger partial charge in [-0.1, -0.05) is 23.7 Å². The molecule has 0 spiro atoms. The lowest BCUT2D eigenvalue weighted by molar-refractivity contribution is 0.628. The number of nitrogens with two attached hydrogens (primary N) is 1. The fourth-order valence-electron chi connectivity index (χ4n) is 1.91. The van der Waals surface area contributed by atoms with E-state index in [0.29, 0.717) is 22.0 Å². The van der Waals surface area contributed by atoms with E-state index in [9.17, 15) is 4.39 Å². The van der Waals surface area contributed by atoms with Crippen LogP contribution >= 0.6 is 11.6 Å². The second kappa shape index (κ2) is 4.94. The quantitative estimate of drug-likeness (QED) is 0.754. The van der Waals surface area contributed by atoms with Crippen molar-refractivity contribution in [2.45, 2.75) is 0 Å². The Hall–Kier alpha value is -2.40. The SMILES string of the molecule is Nc1nc(Nc2cc(F)ccc2Cl)c2ccccc2n1. The predicted octanol–water partition coefficient (Wildman–Crippen LogP) is 3.75. The maximum Gasteiger partial charge on any atom is 0.222 e. The molecule has 0 bridgehead atoms. The van der Waals surface area contributed by atoms with E-state index in [2.05, 4.69) is 15.3 Å². The number of benzene rings is 2. The molecule has 1 aromatic heterocycles. The molecule has 6 heteroatoms. The smallest absolute Gasteiger partial charge is 0.222 e. The Morgan fingerprint density at radius 1 is 1.10 bits per heavy atom. The minimum absolute atomic E-state index is 0.138. The molecule has 2 aromatic carbocycles. The van der Waals surface area contributed by atoms with E-state index in [-0.39, 0.29) is 11.8 Å². The summed E-state index contributed by atoms with van der Waals surface area (Å²) in [7, 11) is 0. The second-order valence-electron chi connectivity index (χ2n) is 4.20. The molecule has 4 nitrogen and oxygen atoms in total. The standard InChI is InChI=1S/C14H10ClFN4/c15-10-6-5-8(16)7-12(10)18-13-9-3-1-2-4-11(9)19-14(17)20-13/h1-7H,(H3,17,18,19,20). The average molecular weight is 289 g/mol. The van der Waals surface area contributed by atoms with Gasteiger partial charge in [-0.15, -0.1) is 0 Å². The van der Waals surface area contributed by atoms with Crippen molar-refractivity contribution in [3.05, 3.63) is 53.3 Å².